The van der Waals surface area contributed by atoms with E-state index in [1.807, 2.05) is 6.92 Å². The molecule has 0 saturated heterocycles. The normalized spacial score (nSPS) is 13.5. The summed E-state index contributed by atoms with van der Waals surface area (Å²) in [4.78, 5) is 11.5. The third-order valence-electron chi connectivity index (χ3n) is 2.51. The first-order valence-electron chi connectivity index (χ1n) is 6.15. The van der Waals surface area contributed by atoms with Gasteiger partial charge in [0.15, 0.2) is 0 Å². The molecule has 0 aliphatic rings. The lowest BCUT2D eigenvalue weighted by Gasteiger charge is -2.16. The van der Waals surface area contributed by atoms with Crippen LogP contribution in [-0.2, 0) is 9.53 Å². The Kier molecular flexibility index (Phi) is 6.72. The molecule has 5 nitrogen and oxygen atoms in total. The molecular weight excluding hydrogens is 246 g/mol. The molecule has 1 rings (SSSR count). The van der Waals surface area contributed by atoms with Gasteiger partial charge in [-0.15, -0.1) is 6.42 Å². The Morgan fingerprint density at radius 2 is 2.47 bits per heavy atom. The van der Waals surface area contributed by atoms with Gasteiger partial charge in [-0.1, -0.05) is 5.92 Å². The lowest BCUT2D eigenvalue weighted by atomic mass is 10.1. The van der Waals surface area contributed by atoms with Crippen LogP contribution in [0.5, 0.6) is 0 Å². The second-order valence-electron chi connectivity index (χ2n) is 4.24. The van der Waals surface area contributed by atoms with Crippen molar-refractivity contribution in [3.05, 3.63) is 24.2 Å². The van der Waals surface area contributed by atoms with Crippen LogP contribution >= 0.6 is 0 Å². The predicted molar refractivity (Wildman–Crippen MR) is 70.2 cm³/mol. The fourth-order valence-electron chi connectivity index (χ4n) is 1.63. The maximum atomic E-state index is 11.5. The number of ether oxygens (including phenoxy) is 1. The number of rotatable bonds is 8. The topological polar surface area (TPSA) is 71.7 Å². The molecule has 0 fully saturated rings. The third kappa shape index (κ3) is 6.09. The predicted octanol–water partition coefficient (Wildman–Crippen LogP) is 1.25. The molecule has 2 unspecified atom stereocenters. The zero-order valence-corrected chi connectivity index (χ0v) is 11.0. The minimum absolute atomic E-state index is 0.129. The zero-order chi connectivity index (χ0) is 14.1. The molecule has 1 amide bonds. The SMILES string of the molecule is C#CCOCCC(=O)NC(C)CC(O)c1ccco1. The first-order chi connectivity index (χ1) is 9.13. The second-order valence-corrected chi connectivity index (χ2v) is 4.24. The van der Waals surface area contributed by atoms with Gasteiger partial charge >= 0.3 is 0 Å². The number of terminal acetylenes is 1. The van der Waals surface area contributed by atoms with Gasteiger partial charge in [-0.25, -0.2) is 0 Å². The quantitative estimate of drug-likeness (QED) is 0.548. The minimum Gasteiger partial charge on any atom is -0.467 e. The molecule has 0 saturated carbocycles. The van der Waals surface area contributed by atoms with Gasteiger partial charge < -0.3 is 19.6 Å². The summed E-state index contributed by atoms with van der Waals surface area (Å²) >= 11 is 0. The molecule has 1 aromatic heterocycles. The van der Waals surface area contributed by atoms with Gasteiger partial charge in [-0.2, -0.15) is 0 Å². The van der Waals surface area contributed by atoms with E-state index in [9.17, 15) is 9.90 Å². The van der Waals surface area contributed by atoms with Crippen molar-refractivity contribution in [1.29, 1.82) is 0 Å². The summed E-state index contributed by atoms with van der Waals surface area (Å²) in [6.07, 6.45) is 6.45. The van der Waals surface area contributed by atoms with E-state index in [-0.39, 0.29) is 25.0 Å². The summed E-state index contributed by atoms with van der Waals surface area (Å²) in [6.45, 7) is 2.33. The van der Waals surface area contributed by atoms with Gasteiger partial charge in [0.05, 0.1) is 19.3 Å². The first kappa shape index (κ1) is 15.3. The van der Waals surface area contributed by atoms with Crippen molar-refractivity contribution >= 4 is 5.91 Å². The summed E-state index contributed by atoms with van der Waals surface area (Å²) in [6, 6.07) is 3.26. The molecule has 19 heavy (non-hydrogen) atoms. The minimum atomic E-state index is -0.719. The highest BCUT2D eigenvalue weighted by Crippen LogP contribution is 2.18. The second kappa shape index (κ2) is 8.35. The number of aliphatic hydroxyl groups is 1. The standard InChI is InChI=1S/C14H19NO4/c1-3-7-18-9-6-14(17)15-11(2)10-12(16)13-5-4-8-19-13/h1,4-5,8,11-12,16H,6-7,9-10H2,2H3,(H,15,17). The summed E-state index contributed by atoms with van der Waals surface area (Å²) in [5.41, 5.74) is 0. The smallest absolute Gasteiger partial charge is 0.222 e. The van der Waals surface area contributed by atoms with Gasteiger partial charge in [0.1, 0.15) is 18.5 Å². The van der Waals surface area contributed by atoms with Crippen molar-refractivity contribution in [3.63, 3.8) is 0 Å². The van der Waals surface area contributed by atoms with E-state index in [0.717, 1.165) is 0 Å². The molecule has 0 spiro atoms. The van der Waals surface area contributed by atoms with Gasteiger partial charge in [0.2, 0.25) is 5.91 Å². The summed E-state index contributed by atoms with van der Waals surface area (Å²) in [5.74, 6) is 2.70. The van der Waals surface area contributed by atoms with Crippen LogP contribution in [0.1, 0.15) is 31.6 Å². The molecule has 0 aromatic carbocycles. The Hall–Kier alpha value is -1.77. The Bertz CT molecular complexity index is 408. The molecule has 0 aliphatic heterocycles. The lowest BCUT2D eigenvalue weighted by Crippen LogP contribution is -2.34. The van der Waals surface area contributed by atoms with E-state index in [2.05, 4.69) is 11.2 Å². The fourth-order valence-corrected chi connectivity index (χ4v) is 1.63. The largest absolute Gasteiger partial charge is 0.467 e. The van der Waals surface area contributed by atoms with Gasteiger partial charge in [-0.05, 0) is 19.1 Å². The monoisotopic (exact) mass is 265 g/mol. The Balaban J connectivity index is 2.21. The molecule has 0 radical (unpaired) electrons. The number of aliphatic hydroxyl groups excluding tert-OH is 1. The van der Waals surface area contributed by atoms with Crippen LogP contribution in [0.15, 0.2) is 22.8 Å². The molecule has 2 N–H and O–H groups in total. The fraction of sp³-hybridized carbons (Fsp3) is 0.500. The van der Waals surface area contributed by atoms with Gasteiger partial charge in [0.25, 0.3) is 0 Å². The molecule has 1 aromatic rings. The van der Waals surface area contributed by atoms with Crippen LogP contribution in [0.3, 0.4) is 0 Å². The van der Waals surface area contributed by atoms with E-state index < -0.39 is 6.10 Å². The Morgan fingerprint density at radius 1 is 1.68 bits per heavy atom. The lowest BCUT2D eigenvalue weighted by molar-refractivity contribution is -0.122. The average molecular weight is 265 g/mol. The van der Waals surface area contributed by atoms with Crippen LogP contribution in [0.25, 0.3) is 0 Å². The van der Waals surface area contributed by atoms with Crippen LogP contribution in [0, 0.1) is 12.3 Å². The maximum absolute atomic E-state index is 11.5. The number of amides is 1. The highest BCUT2D eigenvalue weighted by Gasteiger charge is 2.16. The third-order valence-corrected chi connectivity index (χ3v) is 2.51. The highest BCUT2D eigenvalue weighted by molar-refractivity contribution is 5.76. The van der Waals surface area contributed by atoms with Crippen molar-refractivity contribution in [2.75, 3.05) is 13.2 Å². The first-order valence-corrected chi connectivity index (χ1v) is 6.15. The number of carbonyl (C=O) groups excluding carboxylic acids is 1. The van der Waals surface area contributed by atoms with Gasteiger partial charge in [0, 0.05) is 12.5 Å². The van der Waals surface area contributed by atoms with Gasteiger partial charge in [-0.3, -0.25) is 4.79 Å². The van der Waals surface area contributed by atoms with Crippen molar-refractivity contribution in [2.24, 2.45) is 0 Å². The van der Waals surface area contributed by atoms with Crippen molar-refractivity contribution in [3.8, 4) is 12.3 Å². The zero-order valence-electron chi connectivity index (χ0n) is 11.0. The molecule has 1 heterocycles. The number of carbonyl (C=O) groups is 1. The van der Waals surface area contributed by atoms with Crippen LogP contribution < -0.4 is 5.32 Å². The number of furan rings is 1. The van der Waals surface area contributed by atoms with Crippen molar-refractivity contribution in [1.82, 2.24) is 5.32 Å². The van der Waals surface area contributed by atoms with E-state index in [1.165, 1.54) is 6.26 Å². The van der Waals surface area contributed by atoms with Crippen molar-refractivity contribution in [2.45, 2.75) is 31.9 Å². The Labute approximate surface area is 112 Å². The summed E-state index contributed by atoms with van der Waals surface area (Å²) < 4.78 is 10.1. The summed E-state index contributed by atoms with van der Waals surface area (Å²) in [5, 5.41) is 12.6. The molecule has 5 heteroatoms. The van der Waals surface area contributed by atoms with E-state index in [4.69, 9.17) is 15.6 Å². The van der Waals surface area contributed by atoms with E-state index in [1.54, 1.807) is 12.1 Å². The van der Waals surface area contributed by atoms with Crippen LogP contribution in [-0.4, -0.2) is 30.3 Å². The molecule has 104 valence electrons. The molecule has 0 aliphatic carbocycles. The number of nitrogens with one attached hydrogen (secondary N) is 1. The maximum Gasteiger partial charge on any atom is 0.222 e. The average Bonchev–Trinajstić information content (AvgIpc) is 2.88. The molecule has 0 bridgehead atoms. The summed E-state index contributed by atoms with van der Waals surface area (Å²) in [7, 11) is 0. The highest BCUT2D eigenvalue weighted by atomic mass is 16.5. The molecule has 2 atom stereocenters. The van der Waals surface area contributed by atoms with E-state index >= 15 is 0 Å². The van der Waals surface area contributed by atoms with Crippen LogP contribution in [0.4, 0.5) is 0 Å². The Morgan fingerprint density at radius 3 is 3.11 bits per heavy atom. The van der Waals surface area contributed by atoms with E-state index in [0.29, 0.717) is 18.8 Å². The number of hydrogen-bond donors (Lipinski definition) is 2. The van der Waals surface area contributed by atoms with Crippen LogP contribution in [0.2, 0.25) is 0 Å². The number of hydrogen-bond acceptors (Lipinski definition) is 4. The van der Waals surface area contributed by atoms with Crippen molar-refractivity contribution < 1.29 is 19.1 Å². The molecular formula is C14H19NO4.